The van der Waals surface area contributed by atoms with Crippen LogP contribution >= 0.6 is 11.3 Å². The van der Waals surface area contributed by atoms with Crippen LogP contribution in [0.1, 0.15) is 0 Å². The molecule has 55 heavy (non-hydrogen) atoms. The summed E-state index contributed by atoms with van der Waals surface area (Å²) < 4.78 is 2.52. The molecular weight excluding hydrogens is 693 g/mol. The Balaban J connectivity index is 1.16. The molecule has 0 aliphatic heterocycles. The van der Waals surface area contributed by atoms with E-state index in [-0.39, 0.29) is 0 Å². The van der Waals surface area contributed by atoms with E-state index in [4.69, 9.17) is 29.9 Å². The van der Waals surface area contributed by atoms with Crippen molar-refractivity contribution in [2.45, 2.75) is 0 Å². The van der Waals surface area contributed by atoms with E-state index in [0.717, 1.165) is 44.5 Å². The third kappa shape index (κ3) is 6.22. The fourth-order valence-corrected chi connectivity index (χ4v) is 8.10. The maximum absolute atomic E-state index is 5.24. The topological polar surface area (TPSA) is 77.3 Å². The molecule has 7 aromatic carbocycles. The van der Waals surface area contributed by atoms with Gasteiger partial charge in [0.15, 0.2) is 34.9 Å². The first kappa shape index (κ1) is 32.4. The van der Waals surface area contributed by atoms with Gasteiger partial charge in [0.2, 0.25) is 0 Å². The van der Waals surface area contributed by atoms with E-state index in [1.807, 2.05) is 133 Å². The molecule has 3 aromatic heterocycles. The van der Waals surface area contributed by atoms with Gasteiger partial charge in [-0.1, -0.05) is 170 Å². The molecule has 6 nitrogen and oxygen atoms in total. The molecule has 0 aliphatic carbocycles. The van der Waals surface area contributed by atoms with Gasteiger partial charge in [-0.25, -0.2) is 29.9 Å². The summed E-state index contributed by atoms with van der Waals surface area (Å²) in [6.45, 7) is 0. The fraction of sp³-hybridized carbons (Fsp3) is 0. The summed E-state index contributed by atoms with van der Waals surface area (Å²) in [5.41, 5.74) is 7.34. The van der Waals surface area contributed by atoms with E-state index >= 15 is 0 Å². The van der Waals surface area contributed by atoms with Crippen molar-refractivity contribution in [2.24, 2.45) is 0 Å². The maximum Gasteiger partial charge on any atom is 0.164 e. The highest BCUT2D eigenvalue weighted by atomic mass is 32.1. The second kappa shape index (κ2) is 14.0. The number of fused-ring (bicyclic) bond motifs is 3. The van der Waals surface area contributed by atoms with Crippen molar-refractivity contribution in [3.8, 4) is 79.5 Å². The standard InChI is InChI=1S/C48H30N6S/c1-4-16-31(17-5-1)43-49-44(32-18-6-2-7-19-32)51-47(50-43)39-25-12-13-26-40(39)48-53-45(33-20-8-3-9-21-33)52-46(54-48)38-24-11-10-22-35(38)34-28-29-37-36-23-14-15-27-41(36)55-42(37)30-34/h1-30H. The van der Waals surface area contributed by atoms with Crippen molar-refractivity contribution >= 4 is 31.5 Å². The maximum atomic E-state index is 5.24. The van der Waals surface area contributed by atoms with Crippen LogP contribution in [-0.2, 0) is 0 Å². The summed E-state index contributed by atoms with van der Waals surface area (Å²) in [4.78, 5) is 30.5. The van der Waals surface area contributed by atoms with Gasteiger partial charge in [-0.2, -0.15) is 0 Å². The summed E-state index contributed by atoms with van der Waals surface area (Å²) in [5, 5.41) is 2.54. The van der Waals surface area contributed by atoms with E-state index in [9.17, 15) is 0 Å². The summed E-state index contributed by atoms with van der Waals surface area (Å²) >= 11 is 1.81. The van der Waals surface area contributed by atoms with Crippen LogP contribution in [0.4, 0.5) is 0 Å². The molecule has 0 atom stereocenters. The Bertz CT molecular complexity index is 2920. The lowest BCUT2D eigenvalue weighted by Gasteiger charge is -2.14. The quantitative estimate of drug-likeness (QED) is 0.163. The molecule has 0 saturated carbocycles. The average molecular weight is 723 g/mol. The molecule has 0 unspecified atom stereocenters. The van der Waals surface area contributed by atoms with Crippen molar-refractivity contribution < 1.29 is 0 Å². The van der Waals surface area contributed by atoms with Crippen LogP contribution in [0.5, 0.6) is 0 Å². The van der Waals surface area contributed by atoms with Gasteiger partial charge in [-0.15, -0.1) is 11.3 Å². The molecular formula is C48H30N6S. The number of aromatic nitrogens is 6. The lowest BCUT2D eigenvalue weighted by molar-refractivity contribution is 1.06. The van der Waals surface area contributed by atoms with E-state index in [2.05, 4.69) is 60.7 Å². The SMILES string of the molecule is c1ccc(-c2nc(-c3ccccc3)nc(-c3ccccc3-c3nc(-c4ccccc4)nc(-c4ccccc4-c4ccc5c(c4)sc4ccccc45)n3)n2)cc1. The van der Waals surface area contributed by atoms with Gasteiger partial charge in [-0.3, -0.25) is 0 Å². The van der Waals surface area contributed by atoms with Gasteiger partial charge in [0.1, 0.15) is 0 Å². The van der Waals surface area contributed by atoms with Crippen LogP contribution in [-0.4, -0.2) is 29.9 Å². The van der Waals surface area contributed by atoms with Crippen LogP contribution in [0, 0.1) is 0 Å². The highest BCUT2D eigenvalue weighted by Crippen LogP contribution is 2.39. The second-order valence-corrected chi connectivity index (χ2v) is 14.2. The predicted molar refractivity (Wildman–Crippen MR) is 224 cm³/mol. The van der Waals surface area contributed by atoms with E-state index in [1.165, 1.54) is 20.2 Å². The van der Waals surface area contributed by atoms with Gasteiger partial charge in [0, 0.05) is 53.6 Å². The Labute approximate surface area is 321 Å². The Morgan fingerprint density at radius 2 is 0.618 bits per heavy atom. The first-order valence-electron chi connectivity index (χ1n) is 18.0. The van der Waals surface area contributed by atoms with Gasteiger partial charge < -0.3 is 0 Å². The van der Waals surface area contributed by atoms with Gasteiger partial charge in [0.25, 0.3) is 0 Å². The number of rotatable bonds is 7. The highest BCUT2D eigenvalue weighted by molar-refractivity contribution is 7.25. The number of hydrogen-bond acceptors (Lipinski definition) is 7. The van der Waals surface area contributed by atoms with Crippen molar-refractivity contribution in [3.63, 3.8) is 0 Å². The van der Waals surface area contributed by atoms with Crippen molar-refractivity contribution in [1.82, 2.24) is 29.9 Å². The molecule has 0 amide bonds. The molecule has 0 aliphatic rings. The zero-order valence-corrected chi connectivity index (χ0v) is 30.2. The third-order valence-corrected chi connectivity index (χ3v) is 10.8. The molecule has 10 aromatic rings. The number of hydrogen-bond donors (Lipinski definition) is 0. The van der Waals surface area contributed by atoms with Gasteiger partial charge in [0.05, 0.1) is 0 Å². The summed E-state index contributed by atoms with van der Waals surface area (Å²) in [6.07, 6.45) is 0. The first-order chi connectivity index (χ1) is 27.2. The van der Waals surface area contributed by atoms with Crippen molar-refractivity contribution in [3.05, 3.63) is 182 Å². The third-order valence-electron chi connectivity index (χ3n) is 9.63. The second-order valence-electron chi connectivity index (χ2n) is 13.1. The average Bonchev–Trinajstić information content (AvgIpc) is 3.65. The molecule has 0 saturated heterocycles. The molecule has 0 radical (unpaired) electrons. The molecule has 0 spiro atoms. The number of benzene rings is 7. The van der Waals surface area contributed by atoms with Gasteiger partial charge in [-0.05, 0) is 23.3 Å². The fourth-order valence-electron chi connectivity index (χ4n) is 6.96. The van der Waals surface area contributed by atoms with E-state index < -0.39 is 0 Å². The molecule has 10 rings (SSSR count). The van der Waals surface area contributed by atoms with Gasteiger partial charge >= 0.3 is 0 Å². The van der Waals surface area contributed by atoms with Crippen molar-refractivity contribution in [2.75, 3.05) is 0 Å². The minimum atomic E-state index is 0.525. The summed E-state index contributed by atoms with van der Waals surface area (Å²) in [5.74, 6) is 3.39. The van der Waals surface area contributed by atoms with Crippen LogP contribution in [0.3, 0.4) is 0 Å². The predicted octanol–water partition coefficient (Wildman–Crippen LogP) is 12.1. The highest BCUT2D eigenvalue weighted by Gasteiger charge is 2.20. The smallest absolute Gasteiger partial charge is 0.164 e. The summed E-state index contributed by atoms with van der Waals surface area (Å²) in [7, 11) is 0. The minimum Gasteiger partial charge on any atom is -0.208 e. The molecule has 0 bridgehead atoms. The van der Waals surface area contributed by atoms with Crippen LogP contribution < -0.4 is 0 Å². The monoisotopic (exact) mass is 722 g/mol. The molecule has 0 fully saturated rings. The van der Waals surface area contributed by atoms with Crippen LogP contribution in [0.2, 0.25) is 0 Å². The zero-order valence-electron chi connectivity index (χ0n) is 29.4. The van der Waals surface area contributed by atoms with Crippen LogP contribution in [0.15, 0.2) is 182 Å². The Hall–Kier alpha value is -7.22. The normalized spacial score (nSPS) is 11.3. The first-order valence-corrected chi connectivity index (χ1v) is 18.9. The molecule has 0 N–H and O–H groups in total. The Morgan fingerprint density at radius 1 is 0.255 bits per heavy atom. The molecule has 3 heterocycles. The molecule has 7 heteroatoms. The zero-order chi connectivity index (χ0) is 36.6. The largest absolute Gasteiger partial charge is 0.208 e. The number of thiophene rings is 1. The van der Waals surface area contributed by atoms with Crippen molar-refractivity contribution in [1.29, 1.82) is 0 Å². The number of nitrogens with zero attached hydrogens (tertiary/aromatic N) is 6. The lowest BCUT2D eigenvalue weighted by atomic mass is 9.98. The van der Waals surface area contributed by atoms with E-state index in [0.29, 0.717) is 34.9 Å². The molecule has 258 valence electrons. The Kier molecular flexibility index (Phi) is 8.24. The summed E-state index contributed by atoms with van der Waals surface area (Å²) in [6, 6.07) is 61.7. The van der Waals surface area contributed by atoms with Crippen LogP contribution in [0.25, 0.3) is 99.6 Å². The minimum absolute atomic E-state index is 0.525. The van der Waals surface area contributed by atoms with E-state index in [1.54, 1.807) is 0 Å². The Morgan fingerprint density at radius 3 is 1.13 bits per heavy atom. The lowest BCUT2D eigenvalue weighted by Crippen LogP contribution is -2.04.